The standard InChI is InChI=1S/C15H21FN2O/c1-17-8-7-12-4-3-9-18(11-12)15(19)13-5-2-6-14(16)10-13/h2,5-6,10,12,17H,3-4,7-9,11H2,1H3. The van der Waals surface area contributed by atoms with Crippen LogP contribution in [-0.2, 0) is 0 Å². The van der Waals surface area contributed by atoms with Crippen LogP contribution in [-0.4, -0.2) is 37.5 Å². The summed E-state index contributed by atoms with van der Waals surface area (Å²) in [5.41, 5.74) is 0.453. The van der Waals surface area contributed by atoms with Crippen LogP contribution in [0.25, 0.3) is 0 Å². The Kier molecular flexibility index (Phi) is 4.91. The Labute approximate surface area is 113 Å². The molecule has 1 aromatic carbocycles. The number of piperidine rings is 1. The number of hydrogen-bond acceptors (Lipinski definition) is 2. The van der Waals surface area contributed by atoms with Gasteiger partial charge in [0.25, 0.3) is 5.91 Å². The molecule has 1 amide bonds. The maximum absolute atomic E-state index is 13.2. The molecule has 1 unspecified atom stereocenters. The Morgan fingerprint density at radius 1 is 1.53 bits per heavy atom. The maximum atomic E-state index is 13.2. The molecule has 0 radical (unpaired) electrons. The van der Waals surface area contributed by atoms with Gasteiger partial charge in [0.1, 0.15) is 5.82 Å². The predicted octanol–water partition coefficient (Wildman–Crippen LogP) is 2.29. The molecule has 1 heterocycles. The van der Waals surface area contributed by atoms with Crippen molar-refractivity contribution >= 4 is 5.91 Å². The van der Waals surface area contributed by atoms with E-state index in [4.69, 9.17) is 0 Å². The van der Waals surface area contributed by atoms with Gasteiger partial charge >= 0.3 is 0 Å². The average molecular weight is 264 g/mol. The monoisotopic (exact) mass is 264 g/mol. The van der Waals surface area contributed by atoms with Crippen molar-refractivity contribution in [1.29, 1.82) is 0 Å². The van der Waals surface area contributed by atoms with Crippen LogP contribution in [0.5, 0.6) is 0 Å². The van der Waals surface area contributed by atoms with Crippen LogP contribution in [0.1, 0.15) is 29.6 Å². The first-order chi connectivity index (χ1) is 9.20. The highest BCUT2D eigenvalue weighted by Crippen LogP contribution is 2.21. The molecule has 3 nitrogen and oxygen atoms in total. The van der Waals surface area contributed by atoms with Gasteiger partial charge in [-0.2, -0.15) is 0 Å². The summed E-state index contributed by atoms with van der Waals surface area (Å²) < 4.78 is 13.2. The van der Waals surface area contributed by atoms with Crippen molar-refractivity contribution in [3.05, 3.63) is 35.6 Å². The molecule has 0 saturated carbocycles. The van der Waals surface area contributed by atoms with E-state index in [-0.39, 0.29) is 11.7 Å². The fourth-order valence-electron chi connectivity index (χ4n) is 2.64. The van der Waals surface area contributed by atoms with Crippen LogP contribution >= 0.6 is 0 Å². The van der Waals surface area contributed by atoms with Crippen LogP contribution in [0, 0.1) is 11.7 Å². The summed E-state index contributed by atoms with van der Waals surface area (Å²) in [7, 11) is 1.94. The summed E-state index contributed by atoms with van der Waals surface area (Å²) in [6, 6.07) is 5.95. The normalized spacial score (nSPS) is 19.5. The van der Waals surface area contributed by atoms with Crippen LogP contribution in [0.4, 0.5) is 4.39 Å². The van der Waals surface area contributed by atoms with Gasteiger partial charge in [-0.1, -0.05) is 6.07 Å². The molecule has 1 saturated heterocycles. The number of rotatable bonds is 4. The summed E-state index contributed by atoms with van der Waals surface area (Å²) >= 11 is 0. The summed E-state index contributed by atoms with van der Waals surface area (Å²) in [4.78, 5) is 14.2. The molecule has 1 aliphatic rings. The highest BCUT2D eigenvalue weighted by Gasteiger charge is 2.24. The van der Waals surface area contributed by atoms with E-state index in [9.17, 15) is 9.18 Å². The summed E-state index contributed by atoms with van der Waals surface area (Å²) in [6.07, 6.45) is 3.30. The molecule has 2 rings (SSSR count). The second-order valence-corrected chi connectivity index (χ2v) is 5.16. The van der Waals surface area contributed by atoms with Gasteiger partial charge in [0.05, 0.1) is 0 Å². The van der Waals surface area contributed by atoms with Crippen LogP contribution in [0.2, 0.25) is 0 Å². The zero-order chi connectivity index (χ0) is 13.7. The number of likely N-dealkylation sites (tertiary alicyclic amines) is 1. The van der Waals surface area contributed by atoms with E-state index in [1.165, 1.54) is 18.6 Å². The van der Waals surface area contributed by atoms with E-state index in [1.807, 2.05) is 11.9 Å². The highest BCUT2D eigenvalue weighted by atomic mass is 19.1. The van der Waals surface area contributed by atoms with Gasteiger partial charge in [0.15, 0.2) is 0 Å². The molecular formula is C15H21FN2O. The molecular weight excluding hydrogens is 243 g/mol. The highest BCUT2D eigenvalue weighted by molar-refractivity contribution is 5.94. The van der Waals surface area contributed by atoms with E-state index in [2.05, 4.69) is 5.32 Å². The predicted molar refractivity (Wildman–Crippen MR) is 73.6 cm³/mol. The minimum atomic E-state index is -0.352. The summed E-state index contributed by atoms with van der Waals surface area (Å²) in [6.45, 7) is 2.55. The second-order valence-electron chi connectivity index (χ2n) is 5.16. The summed E-state index contributed by atoms with van der Waals surface area (Å²) in [5.74, 6) is 0.155. The lowest BCUT2D eigenvalue weighted by Gasteiger charge is -2.33. The van der Waals surface area contributed by atoms with Crippen molar-refractivity contribution in [2.45, 2.75) is 19.3 Å². The number of amides is 1. The minimum absolute atomic E-state index is 0.0475. The average Bonchev–Trinajstić information content (AvgIpc) is 2.44. The molecule has 1 aliphatic heterocycles. The molecule has 1 fully saturated rings. The van der Waals surface area contributed by atoms with Gasteiger partial charge in [-0.15, -0.1) is 0 Å². The van der Waals surface area contributed by atoms with Crippen molar-refractivity contribution in [2.24, 2.45) is 5.92 Å². The third-order valence-electron chi connectivity index (χ3n) is 3.68. The fourth-order valence-corrected chi connectivity index (χ4v) is 2.64. The van der Waals surface area contributed by atoms with E-state index in [0.717, 1.165) is 32.5 Å². The van der Waals surface area contributed by atoms with Crippen molar-refractivity contribution < 1.29 is 9.18 Å². The lowest BCUT2D eigenvalue weighted by Crippen LogP contribution is -2.40. The maximum Gasteiger partial charge on any atom is 0.253 e. The van der Waals surface area contributed by atoms with E-state index in [0.29, 0.717) is 11.5 Å². The third kappa shape index (κ3) is 3.77. The Bertz CT molecular complexity index is 436. The van der Waals surface area contributed by atoms with Gasteiger partial charge in [-0.05, 0) is 57.0 Å². The van der Waals surface area contributed by atoms with E-state index in [1.54, 1.807) is 12.1 Å². The molecule has 0 aliphatic carbocycles. The number of nitrogens with one attached hydrogen (secondary N) is 1. The number of carbonyl (C=O) groups is 1. The number of nitrogens with zero attached hydrogens (tertiary/aromatic N) is 1. The van der Waals surface area contributed by atoms with Gasteiger partial charge in [-0.25, -0.2) is 4.39 Å². The first-order valence-electron chi connectivity index (χ1n) is 6.90. The molecule has 0 aromatic heterocycles. The van der Waals surface area contributed by atoms with Crippen LogP contribution in [0.15, 0.2) is 24.3 Å². The molecule has 1 aromatic rings. The topological polar surface area (TPSA) is 32.3 Å². The van der Waals surface area contributed by atoms with Crippen molar-refractivity contribution in [2.75, 3.05) is 26.7 Å². The van der Waals surface area contributed by atoms with Gasteiger partial charge in [0.2, 0.25) is 0 Å². The van der Waals surface area contributed by atoms with Gasteiger partial charge in [-0.3, -0.25) is 4.79 Å². The number of carbonyl (C=O) groups excluding carboxylic acids is 1. The van der Waals surface area contributed by atoms with Crippen molar-refractivity contribution in [3.63, 3.8) is 0 Å². The molecule has 1 atom stereocenters. The van der Waals surface area contributed by atoms with E-state index >= 15 is 0 Å². The first kappa shape index (κ1) is 14.0. The molecule has 1 N–H and O–H groups in total. The Morgan fingerprint density at radius 2 is 2.37 bits per heavy atom. The lowest BCUT2D eigenvalue weighted by molar-refractivity contribution is 0.0668. The number of hydrogen-bond donors (Lipinski definition) is 1. The minimum Gasteiger partial charge on any atom is -0.338 e. The largest absolute Gasteiger partial charge is 0.338 e. The molecule has 19 heavy (non-hydrogen) atoms. The Balaban J connectivity index is 1.99. The molecule has 0 spiro atoms. The zero-order valence-electron chi connectivity index (χ0n) is 11.4. The van der Waals surface area contributed by atoms with Gasteiger partial charge < -0.3 is 10.2 Å². The van der Waals surface area contributed by atoms with Crippen LogP contribution in [0.3, 0.4) is 0 Å². The molecule has 0 bridgehead atoms. The number of benzene rings is 1. The van der Waals surface area contributed by atoms with Crippen molar-refractivity contribution in [1.82, 2.24) is 10.2 Å². The third-order valence-corrected chi connectivity index (χ3v) is 3.68. The van der Waals surface area contributed by atoms with Crippen molar-refractivity contribution in [3.8, 4) is 0 Å². The van der Waals surface area contributed by atoms with E-state index < -0.39 is 0 Å². The lowest BCUT2D eigenvalue weighted by atomic mass is 9.94. The number of halogens is 1. The molecule has 4 heteroatoms. The van der Waals surface area contributed by atoms with Crippen LogP contribution < -0.4 is 5.32 Å². The second kappa shape index (κ2) is 6.66. The Morgan fingerprint density at radius 3 is 3.11 bits per heavy atom. The van der Waals surface area contributed by atoms with Gasteiger partial charge in [0, 0.05) is 18.7 Å². The fraction of sp³-hybridized carbons (Fsp3) is 0.533. The SMILES string of the molecule is CNCCC1CCCN(C(=O)c2cccc(F)c2)C1. The Hall–Kier alpha value is -1.42. The summed E-state index contributed by atoms with van der Waals surface area (Å²) in [5, 5.41) is 3.15. The molecule has 104 valence electrons. The smallest absolute Gasteiger partial charge is 0.253 e. The quantitative estimate of drug-likeness (QED) is 0.905. The zero-order valence-corrected chi connectivity index (χ0v) is 11.4. The first-order valence-corrected chi connectivity index (χ1v) is 6.90.